The molecule has 0 fully saturated rings. The number of amides is 2. The van der Waals surface area contributed by atoms with Crippen LogP contribution in [0.4, 0.5) is 23.7 Å². The molecule has 1 atom stereocenters. The van der Waals surface area contributed by atoms with Gasteiger partial charge in [0.15, 0.2) is 17.5 Å². The fourth-order valence-electron chi connectivity index (χ4n) is 1.08. The lowest BCUT2D eigenvalue weighted by atomic mass is 10.3. The van der Waals surface area contributed by atoms with Gasteiger partial charge in [-0.05, 0) is 0 Å². The third kappa shape index (κ3) is 3.90. The normalized spacial score (nSPS) is 12.1. The highest BCUT2D eigenvalue weighted by Gasteiger charge is 2.12. The van der Waals surface area contributed by atoms with Crippen LogP contribution < -0.4 is 10.6 Å². The Morgan fingerprint density at radius 3 is 2.33 bits per heavy atom. The third-order valence-corrected chi connectivity index (χ3v) is 1.95. The molecule has 0 aliphatic heterocycles. The van der Waals surface area contributed by atoms with E-state index in [-0.39, 0.29) is 12.2 Å². The molecule has 1 rings (SSSR count). The minimum atomic E-state index is -1.63. The molecule has 0 aliphatic carbocycles. The molecule has 0 aliphatic rings. The maximum Gasteiger partial charge on any atom is 0.319 e. The van der Waals surface area contributed by atoms with Crippen molar-refractivity contribution in [3.63, 3.8) is 0 Å². The Labute approximate surface area is 100 Å². The standard InChI is InChI=1S/C10H11F3N2O3/c11-7-1-5(2-8(12)9(7)13)15-10(18)14-3-6(17)4-16/h1-2,6,16-17H,3-4H2,(H2,14,15,18). The van der Waals surface area contributed by atoms with Crippen LogP contribution in [-0.4, -0.2) is 35.5 Å². The summed E-state index contributed by atoms with van der Waals surface area (Å²) in [5.41, 5.74) is -0.276. The molecule has 0 radical (unpaired) electrons. The van der Waals surface area contributed by atoms with E-state index in [4.69, 9.17) is 10.2 Å². The summed E-state index contributed by atoms with van der Waals surface area (Å²) < 4.78 is 38.2. The number of anilines is 1. The molecule has 0 aromatic heterocycles. The van der Waals surface area contributed by atoms with Gasteiger partial charge in [0.05, 0.1) is 12.7 Å². The molecule has 0 heterocycles. The van der Waals surface area contributed by atoms with Crippen LogP contribution in [0.2, 0.25) is 0 Å². The number of nitrogens with one attached hydrogen (secondary N) is 2. The predicted octanol–water partition coefficient (Wildman–Crippen LogP) is 0.579. The summed E-state index contributed by atoms with van der Waals surface area (Å²) in [5.74, 6) is -4.49. The summed E-state index contributed by atoms with van der Waals surface area (Å²) in [6.07, 6.45) is -1.14. The molecule has 1 aromatic rings. The van der Waals surface area contributed by atoms with Crippen LogP contribution in [0.3, 0.4) is 0 Å². The summed E-state index contributed by atoms with van der Waals surface area (Å²) in [5, 5.41) is 21.6. The zero-order valence-electron chi connectivity index (χ0n) is 9.08. The van der Waals surface area contributed by atoms with Crippen LogP contribution in [-0.2, 0) is 0 Å². The first-order valence-corrected chi connectivity index (χ1v) is 4.92. The quantitative estimate of drug-likeness (QED) is 0.600. The van der Waals surface area contributed by atoms with Crippen LogP contribution in [0.1, 0.15) is 0 Å². The van der Waals surface area contributed by atoms with E-state index < -0.39 is 36.2 Å². The first kappa shape index (κ1) is 14.3. The number of urea groups is 1. The van der Waals surface area contributed by atoms with Gasteiger partial charge >= 0.3 is 6.03 Å². The van der Waals surface area contributed by atoms with E-state index in [0.29, 0.717) is 12.1 Å². The lowest BCUT2D eigenvalue weighted by molar-refractivity contribution is 0.0965. The maximum atomic E-state index is 12.8. The molecule has 0 spiro atoms. The van der Waals surface area contributed by atoms with Crippen molar-refractivity contribution in [2.45, 2.75) is 6.10 Å². The highest BCUT2D eigenvalue weighted by molar-refractivity contribution is 5.89. The Balaban J connectivity index is 2.60. The number of hydrogen-bond donors (Lipinski definition) is 4. The second-order valence-corrected chi connectivity index (χ2v) is 3.43. The van der Waals surface area contributed by atoms with Crippen molar-refractivity contribution in [3.8, 4) is 0 Å². The van der Waals surface area contributed by atoms with Crippen LogP contribution in [0.15, 0.2) is 12.1 Å². The second-order valence-electron chi connectivity index (χ2n) is 3.43. The molecule has 100 valence electrons. The molecule has 2 amide bonds. The summed E-state index contributed by atoms with van der Waals surface area (Å²) in [6, 6.07) is 0.369. The molecule has 0 bridgehead atoms. The van der Waals surface area contributed by atoms with Crippen molar-refractivity contribution in [1.29, 1.82) is 0 Å². The van der Waals surface area contributed by atoms with Crippen molar-refractivity contribution in [3.05, 3.63) is 29.6 Å². The second kappa shape index (κ2) is 6.22. The number of aliphatic hydroxyl groups excluding tert-OH is 2. The number of rotatable bonds is 4. The lowest BCUT2D eigenvalue weighted by Gasteiger charge is -2.10. The van der Waals surface area contributed by atoms with Gasteiger partial charge in [-0.15, -0.1) is 0 Å². The van der Waals surface area contributed by atoms with Crippen LogP contribution in [0.5, 0.6) is 0 Å². The zero-order valence-corrected chi connectivity index (χ0v) is 9.08. The highest BCUT2D eigenvalue weighted by atomic mass is 19.2. The first-order chi connectivity index (χ1) is 8.43. The van der Waals surface area contributed by atoms with E-state index >= 15 is 0 Å². The third-order valence-electron chi connectivity index (χ3n) is 1.95. The fourth-order valence-corrected chi connectivity index (χ4v) is 1.08. The lowest BCUT2D eigenvalue weighted by Crippen LogP contribution is -2.36. The van der Waals surface area contributed by atoms with Crippen molar-refractivity contribution in [2.75, 3.05) is 18.5 Å². The van der Waals surface area contributed by atoms with E-state index in [1.165, 1.54) is 0 Å². The minimum Gasteiger partial charge on any atom is -0.394 e. The van der Waals surface area contributed by atoms with Crippen LogP contribution in [0, 0.1) is 17.5 Å². The molecular weight excluding hydrogens is 253 g/mol. The van der Waals surface area contributed by atoms with Gasteiger partial charge < -0.3 is 20.8 Å². The van der Waals surface area contributed by atoms with E-state index in [2.05, 4.69) is 5.32 Å². The molecule has 0 saturated carbocycles. The highest BCUT2D eigenvalue weighted by Crippen LogP contribution is 2.17. The molecule has 4 N–H and O–H groups in total. The van der Waals surface area contributed by atoms with E-state index in [1.807, 2.05) is 5.32 Å². The Bertz CT molecular complexity index is 419. The maximum absolute atomic E-state index is 12.8. The summed E-state index contributed by atoms with van der Waals surface area (Å²) in [6.45, 7) is -0.783. The van der Waals surface area contributed by atoms with Crippen molar-refractivity contribution in [1.82, 2.24) is 5.32 Å². The molecular formula is C10H11F3N2O3. The zero-order chi connectivity index (χ0) is 13.7. The average molecular weight is 264 g/mol. The molecule has 18 heavy (non-hydrogen) atoms. The Morgan fingerprint density at radius 1 is 1.28 bits per heavy atom. The van der Waals surface area contributed by atoms with Gasteiger partial charge in [0.2, 0.25) is 0 Å². The topological polar surface area (TPSA) is 81.6 Å². The molecule has 0 saturated heterocycles. The number of carbonyl (C=O) groups is 1. The summed E-state index contributed by atoms with van der Waals surface area (Å²) in [4.78, 5) is 11.2. The Hall–Kier alpha value is -1.80. The SMILES string of the molecule is O=C(NCC(O)CO)Nc1cc(F)c(F)c(F)c1. The number of benzene rings is 1. The van der Waals surface area contributed by atoms with Gasteiger partial charge in [0.1, 0.15) is 0 Å². The van der Waals surface area contributed by atoms with Crippen LogP contribution in [0.25, 0.3) is 0 Å². The first-order valence-electron chi connectivity index (χ1n) is 4.92. The molecule has 8 heteroatoms. The Kier molecular flexibility index (Phi) is 4.93. The summed E-state index contributed by atoms with van der Waals surface area (Å²) >= 11 is 0. The number of halogens is 3. The van der Waals surface area contributed by atoms with Gasteiger partial charge in [-0.1, -0.05) is 0 Å². The minimum absolute atomic E-state index is 0.242. The number of hydrogen-bond acceptors (Lipinski definition) is 3. The van der Waals surface area contributed by atoms with Gasteiger partial charge in [-0.2, -0.15) is 0 Å². The van der Waals surface area contributed by atoms with E-state index in [1.54, 1.807) is 0 Å². The van der Waals surface area contributed by atoms with Gasteiger partial charge in [0, 0.05) is 24.4 Å². The molecule has 5 nitrogen and oxygen atoms in total. The summed E-state index contributed by atoms with van der Waals surface area (Å²) in [7, 11) is 0. The Morgan fingerprint density at radius 2 is 1.83 bits per heavy atom. The van der Waals surface area contributed by atoms with Crippen molar-refractivity contribution < 1.29 is 28.2 Å². The van der Waals surface area contributed by atoms with Crippen molar-refractivity contribution >= 4 is 11.7 Å². The fraction of sp³-hybridized carbons (Fsp3) is 0.300. The van der Waals surface area contributed by atoms with Gasteiger partial charge in [-0.3, -0.25) is 0 Å². The van der Waals surface area contributed by atoms with Gasteiger partial charge in [-0.25, -0.2) is 18.0 Å². The smallest absolute Gasteiger partial charge is 0.319 e. The molecule has 1 unspecified atom stereocenters. The molecule has 1 aromatic carbocycles. The number of carbonyl (C=O) groups excluding carboxylic acids is 1. The van der Waals surface area contributed by atoms with Crippen LogP contribution >= 0.6 is 0 Å². The largest absolute Gasteiger partial charge is 0.394 e. The van der Waals surface area contributed by atoms with E-state index in [0.717, 1.165) is 0 Å². The van der Waals surface area contributed by atoms with Crippen molar-refractivity contribution in [2.24, 2.45) is 0 Å². The monoisotopic (exact) mass is 264 g/mol. The predicted molar refractivity (Wildman–Crippen MR) is 56.4 cm³/mol. The van der Waals surface area contributed by atoms with Gasteiger partial charge in [0.25, 0.3) is 0 Å². The van der Waals surface area contributed by atoms with E-state index in [9.17, 15) is 18.0 Å². The number of aliphatic hydroxyl groups is 2. The average Bonchev–Trinajstić information content (AvgIpc) is 2.32.